The highest BCUT2D eigenvalue weighted by molar-refractivity contribution is 5.74. The van der Waals surface area contributed by atoms with E-state index in [9.17, 15) is 4.79 Å². The Hall–Kier alpha value is -1.71. The molecule has 1 aromatic carbocycles. The molecule has 0 aliphatic rings. The smallest absolute Gasteiger partial charge is 0.315 e. The summed E-state index contributed by atoms with van der Waals surface area (Å²) in [7, 11) is 0. The minimum Gasteiger partial charge on any atom is -0.370 e. The molecule has 0 aromatic heterocycles. The number of nitrogens with zero attached hydrogens (tertiary/aromatic N) is 1. The molecule has 0 radical (unpaired) electrons. The van der Waals surface area contributed by atoms with Gasteiger partial charge in [-0.15, -0.1) is 0 Å². The van der Waals surface area contributed by atoms with Crippen LogP contribution in [-0.2, 0) is 0 Å². The Balaban J connectivity index is 2.45. The largest absolute Gasteiger partial charge is 0.370 e. The molecule has 0 spiro atoms. The average Bonchev–Trinajstić information content (AvgIpc) is 2.32. The Morgan fingerprint density at radius 2 is 2.00 bits per heavy atom. The quantitative estimate of drug-likeness (QED) is 0.869. The number of benzene rings is 1. The van der Waals surface area contributed by atoms with Gasteiger partial charge in [0, 0.05) is 30.9 Å². The van der Waals surface area contributed by atoms with E-state index in [4.69, 9.17) is 0 Å². The summed E-state index contributed by atoms with van der Waals surface area (Å²) in [5.74, 6) is 0. The van der Waals surface area contributed by atoms with E-state index in [0.717, 1.165) is 13.1 Å². The number of rotatable bonds is 5. The third-order valence-corrected chi connectivity index (χ3v) is 2.90. The van der Waals surface area contributed by atoms with Crippen LogP contribution in [0.2, 0.25) is 0 Å². The summed E-state index contributed by atoms with van der Waals surface area (Å²) >= 11 is 0. The molecule has 2 N–H and O–H groups in total. The van der Waals surface area contributed by atoms with E-state index in [1.165, 1.54) is 11.3 Å². The lowest BCUT2D eigenvalue weighted by Crippen LogP contribution is -2.48. The molecule has 0 fully saturated rings. The first-order chi connectivity index (χ1) is 9.31. The highest BCUT2D eigenvalue weighted by Crippen LogP contribution is 2.14. The first-order valence-electron chi connectivity index (χ1n) is 7.19. The van der Waals surface area contributed by atoms with Crippen molar-refractivity contribution in [1.82, 2.24) is 10.6 Å². The molecule has 1 aromatic rings. The maximum Gasteiger partial charge on any atom is 0.315 e. The Morgan fingerprint density at radius 3 is 2.55 bits per heavy atom. The lowest BCUT2D eigenvalue weighted by molar-refractivity contribution is 0.232. The number of carbonyl (C=O) groups is 1. The molecule has 112 valence electrons. The molecular weight excluding hydrogens is 250 g/mol. The maximum atomic E-state index is 11.7. The molecule has 2 amide bonds. The van der Waals surface area contributed by atoms with Gasteiger partial charge in [0.2, 0.25) is 0 Å². The van der Waals surface area contributed by atoms with Crippen molar-refractivity contribution in [1.29, 1.82) is 0 Å². The van der Waals surface area contributed by atoms with E-state index in [1.807, 2.05) is 20.8 Å². The lowest BCUT2D eigenvalue weighted by Gasteiger charge is -2.25. The van der Waals surface area contributed by atoms with Crippen molar-refractivity contribution < 1.29 is 4.79 Å². The van der Waals surface area contributed by atoms with Crippen LogP contribution in [-0.4, -0.2) is 31.2 Å². The number of hydrogen-bond donors (Lipinski definition) is 2. The highest BCUT2D eigenvalue weighted by atomic mass is 16.2. The van der Waals surface area contributed by atoms with E-state index < -0.39 is 0 Å². The number of anilines is 1. The second kappa shape index (κ2) is 7.17. The maximum absolute atomic E-state index is 11.7. The molecule has 0 aliphatic carbocycles. The number of likely N-dealkylation sites (N-methyl/N-ethyl adjacent to an activating group) is 1. The van der Waals surface area contributed by atoms with E-state index in [0.29, 0.717) is 6.54 Å². The topological polar surface area (TPSA) is 44.4 Å². The molecule has 0 bridgehead atoms. The van der Waals surface area contributed by atoms with Crippen molar-refractivity contribution >= 4 is 11.7 Å². The van der Waals surface area contributed by atoms with Gasteiger partial charge in [-0.25, -0.2) is 4.79 Å². The van der Waals surface area contributed by atoms with Crippen LogP contribution in [0.4, 0.5) is 10.5 Å². The molecule has 0 heterocycles. The average molecular weight is 277 g/mol. The standard InChI is InChI=1S/C16H27N3O/c1-6-19(14-9-7-8-13(2)12-14)11-10-17-15(20)18-16(3,4)5/h7-9,12H,6,10-11H2,1-5H3,(H2,17,18,20). The van der Waals surface area contributed by atoms with Crippen LogP contribution in [0.1, 0.15) is 33.3 Å². The van der Waals surface area contributed by atoms with Crippen molar-refractivity contribution in [3.05, 3.63) is 29.8 Å². The summed E-state index contributed by atoms with van der Waals surface area (Å²) in [5, 5.41) is 5.79. The van der Waals surface area contributed by atoms with Crippen LogP contribution in [0.3, 0.4) is 0 Å². The van der Waals surface area contributed by atoms with E-state index in [2.05, 4.69) is 53.6 Å². The zero-order chi connectivity index (χ0) is 15.2. The van der Waals surface area contributed by atoms with Crippen LogP contribution < -0.4 is 15.5 Å². The van der Waals surface area contributed by atoms with Gasteiger partial charge in [-0.05, 0) is 52.3 Å². The normalized spacial score (nSPS) is 11.1. The molecular formula is C16H27N3O. The molecule has 0 saturated heterocycles. The Bertz CT molecular complexity index is 438. The number of amides is 2. The van der Waals surface area contributed by atoms with E-state index in [1.54, 1.807) is 0 Å². The summed E-state index contributed by atoms with van der Waals surface area (Å²) in [6, 6.07) is 8.31. The summed E-state index contributed by atoms with van der Waals surface area (Å²) in [6.07, 6.45) is 0. The zero-order valence-corrected chi connectivity index (χ0v) is 13.3. The van der Waals surface area contributed by atoms with E-state index in [-0.39, 0.29) is 11.6 Å². The molecule has 4 heteroatoms. The van der Waals surface area contributed by atoms with Gasteiger partial charge in [0.05, 0.1) is 0 Å². The first kappa shape index (κ1) is 16.3. The minimum absolute atomic E-state index is 0.113. The molecule has 0 saturated carbocycles. The number of hydrogen-bond acceptors (Lipinski definition) is 2. The number of nitrogens with one attached hydrogen (secondary N) is 2. The van der Waals surface area contributed by atoms with Crippen molar-refractivity contribution in [3.8, 4) is 0 Å². The van der Waals surface area contributed by atoms with Gasteiger partial charge >= 0.3 is 6.03 Å². The predicted octanol–water partition coefficient (Wildman–Crippen LogP) is 2.92. The summed E-state index contributed by atoms with van der Waals surface area (Å²) < 4.78 is 0. The fourth-order valence-corrected chi connectivity index (χ4v) is 1.98. The van der Waals surface area contributed by atoms with Crippen LogP contribution in [0.5, 0.6) is 0 Å². The number of urea groups is 1. The van der Waals surface area contributed by atoms with Crippen molar-refractivity contribution in [2.45, 2.75) is 40.2 Å². The van der Waals surface area contributed by atoms with Gasteiger partial charge in [-0.3, -0.25) is 0 Å². The predicted molar refractivity (Wildman–Crippen MR) is 85.4 cm³/mol. The van der Waals surface area contributed by atoms with Crippen molar-refractivity contribution in [2.24, 2.45) is 0 Å². The highest BCUT2D eigenvalue weighted by Gasteiger charge is 2.13. The first-order valence-corrected chi connectivity index (χ1v) is 7.19. The Morgan fingerprint density at radius 1 is 1.30 bits per heavy atom. The fraction of sp³-hybridized carbons (Fsp3) is 0.562. The molecule has 20 heavy (non-hydrogen) atoms. The van der Waals surface area contributed by atoms with Crippen LogP contribution in [0.25, 0.3) is 0 Å². The minimum atomic E-state index is -0.203. The summed E-state index contributed by atoms with van der Waals surface area (Å²) in [4.78, 5) is 13.9. The molecule has 1 rings (SSSR count). The van der Waals surface area contributed by atoms with Crippen LogP contribution in [0, 0.1) is 6.92 Å². The van der Waals surface area contributed by atoms with Gasteiger partial charge in [0.15, 0.2) is 0 Å². The van der Waals surface area contributed by atoms with Crippen molar-refractivity contribution in [3.63, 3.8) is 0 Å². The van der Waals surface area contributed by atoms with Crippen LogP contribution >= 0.6 is 0 Å². The third-order valence-electron chi connectivity index (χ3n) is 2.90. The third kappa shape index (κ3) is 5.95. The van der Waals surface area contributed by atoms with Gasteiger partial charge in [0.1, 0.15) is 0 Å². The second-order valence-corrected chi connectivity index (χ2v) is 6.05. The van der Waals surface area contributed by atoms with Gasteiger partial charge in [-0.1, -0.05) is 12.1 Å². The van der Waals surface area contributed by atoms with Crippen molar-refractivity contribution in [2.75, 3.05) is 24.5 Å². The Kier molecular flexibility index (Phi) is 5.86. The molecule has 0 atom stereocenters. The Labute approximate surface area is 122 Å². The SMILES string of the molecule is CCN(CCNC(=O)NC(C)(C)C)c1cccc(C)c1. The van der Waals surface area contributed by atoms with Gasteiger partial charge in [-0.2, -0.15) is 0 Å². The number of carbonyl (C=O) groups excluding carboxylic acids is 1. The molecule has 0 aliphatic heterocycles. The number of aryl methyl sites for hydroxylation is 1. The monoisotopic (exact) mass is 277 g/mol. The fourth-order valence-electron chi connectivity index (χ4n) is 1.98. The molecule has 4 nitrogen and oxygen atoms in total. The van der Waals surface area contributed by atoms with Gasteiger partial charge in [0.25, 0.3) is 0 Å². The van der Waals surface area contributed by atoms with Crippen LogP contribution in [0.15, 0.2) is 24.3 Å². The van der Waals surface area contributed by atoms with Gasteiger partial charge < -0.3 is 15.5 Å². The lowest BCUT2D eigenvalue weighted by atomic mass is 10.1. The summed E-state index contributed by atoms with van der Waals surface area (Å²) in [5.41, 5.74) is 2.25. The summed E-state index contributed by atoms with van der Waals surface area (Å²) in [6.45, 7) is 12.5. The van der Waals surface area contributed by atoms with E-state index >= 15 is 0 Å². The zero-order valence-electron chi connectivity index (χ0n) is 13.3. The second-order valence-electron chi connectivity index (χ2n) is 6.05. The molecule has 0 unspecified atom stereocenters.